The van der Waals surface area contributed by atoms with Crippen LogP contribution in [0.4, 0.5) is 5.00 Å². The largest absolute Gasteiger partial charge is 0.322 e. The molecule has 2 atom stereocenters. The summed E-state index contributed by atoms with van der Waals surface area (Å²) in [5, 5.41) is 1.26. The predicted molar refractivity (Wildman–Crippen MR) is 83.3 cm³/mol. The molecule has 0 radical (unpaired) electrons. The Morgan fingerprint density at radius 1 is 1.25 bits per heavy atom. The minimum Gasteiger partial charge on any atom is -0.322 e. The van der Waals surface area contributed by atoms with E-state index in [2.05, 4.69) is 29.6 Å². The maximum absolute atomic E-state index is 4.99. The highest BCUT2D eigenvalue weighted by Gasteiger charge is 2.41. The van der Waals surface area contributed by atoms with E-state index in [1.54, 1.807) is 10.4 Å². The first kappa shape index (κ1) is 12.8. The molecule has 2 unspecified atom stereocenters. The van der Waals surface area contributed by atoms with Gasteiger partial charge in [-0.25, -0.2) is 15.8 Å². The average Bonchev–Trinajstić information content (AvgIpc) is 3.06. The third kappa shape index (κ3) is 1.70. The Hall–Kier alpha value is -0.910. The van der Waals surface area contributed by atoms with Crippen molar-refractivity contribution < 1.29 is 0 Å². The summed E-state index contributed by atoms with van der Waals surface area (Å²) in [5.74, 6) is 1.23. The van der Waals surface area contributed by atoms with Crippen LogP contribution in [0.15, 0.2) is 4.99 Å². The van der Waals surface area contributed by atoms with Crippen molar-refractivity contribution in [3.63, 3.8) is 0 Å². The van der Waals surface area contributed by atoms with Gasteiger partial charge in [0.15, 0.2) is 0 Å². The molecule has 20 heavy (non-hydrogen) atoms. The number of aryl methyl sites for hydroxylation is 1. The molecule has 4 rings (SSSR count). The van der Waals surface area contributed by atoms with Gasteiger partial charge in [-0.3, -0.25) is 0 Å². The summed E-state index contributed by atoms with van der Waals surface area (Å²) < 4.78 is 0. The second kappa shape index (κ2) is 4.83. The molecule has 5 heteroatoms. The highest BCUT2D eigenvalue weighted by molar-refractivity contribution is 7.16. The molecule has 1 aliphatic carbocycles. The molecule has 1 aromatic heterocycles. The Bertz CT molecular complexity index is 562. The number of aliphatic imine (C=N–C) groups is 1. The van der Waals surface area contributed by atoms with Gasteiger partial charge < -0.3 is 4.90 Å². The molecule has 0 spiro atoms. The number of thiophene rings is 1. The summed E-state index contributed by atoms with van der Waals surface area (Å²) in [6.45, 7) is 4.44. The van der Waals surface area contributed by atoms with Crippen molar-refractivity contribution in [2.75, 3.05) is 0 Å². The predicted octanol–water partition coefficient (Wildman–Crippen LogP) is 3.23. The number of nitrogens with zero attached hydrogens (tertiary/aromatic N) is 2. The van der Waals surface area contributed by atoms with Crippen LogP contribution in [0.5, 0.6) is 0 Å². The number of amidine groups is 1. The van der Waals surface area contributed by atoms with E-state index in [1.807, 2.05) is 11.3 Å². The molecule has 0 aromatic carbocycles. The van der Waals surface area contributed by atoms with Crippen LogP contribution in [0.2, 0.25) is 0 Å². The van der Waals surface area contributed by atoms with Crippen LogP contribution in [0, 0.1) is 0 Å². The van der Waals surface area contributed by atoms with Crippen molar-refractivity contribution in [1.82, 2.24) is 15.8 Å². The first-order valence-electron chi connectivity index (χ1n) is 7.84. The van der Waals surface area contributed by atoms with Crippen LogP contribution >= 0.6 is 11.3 Å². The molecule has 1 saturated heterocycles. The lowest BCUT2D eigenvalue weighted by Gasteiger charge is -2.34. The first-order chi connectivity index (χ1) is 9.83. The Kier molecular flexibility index (Phi) is 3.09. The smallest absolute Gasteiger partial charge is 0.125 e. The monoisotopic (exact) mass is 290 g/mol. The van der Waals surface area contributed by atoms with Crippen LogP contribution < -0.4 is 10.9 Å². The quantitative estimate of drug-likeness (QED) is 0.878. The van der Waals surface area contributed by atoms with E-state index >= 15 is 0 Å². The van der Waals surface area contributed by atoms with E-state index in [1.165, 1.54) is 42.1 Å². The first-order valence-corrected chi connectivity index (χ1v) is 8.66. The summed E-state index contributed by atoms with van der Waals surface area (Å²) in [6, 6.07) is 0. The third-order valence-electron chi connectivity index (χ3n) is 4.70. The minimum atomic E-state index is 0.292. The summed E-state index contributed by atoms with van der Waals surface area (Å²) >= 11 is 1.93. The summed E-state index contributed by atoms with van der Waals surface area (Å²) in [6.07, 6.45) is 7.91. The molecular formula is C15H22N4S. The molecule has 4 nitrogen and oxygen atoms in total. The molecule has 1 aromatic rings. The maximum atomic E-state index is 4.99. The van der Waals surface area contributed by atoms with Crippen molar-refractivity contribution >= 4 is 22.2 Å². The zero-order chi connectivity index (χ0) is 13.7. The van der Waals surface area contributed by atoms with E-state index in [0.29, 0.717) is 12.3 Å². The van der Waals surface area contributed by atoms with E-state index in [-0.39, 0.29) is 0 Å². The SMILES string of the molecule is CCC1=Nc2sc3c(c2C2NNC(CC)N12)CCCC3. The van der Waals surface area contributed by atoms with Gasteiger partial charge in [-0.15, -0.1) is 11.3 Å². The van der Waals surface area contributed by atoms with Gasteiger partial charge in [-0.2, -0.15) is 0 Å². The molecule has 2 aliphatic heterocycles. The fourth-order valence-corrected chi connectivity index (χ4v) is 5.02. The van der Waals surface area contributed by atoms with Gasteiger partial charge in [-0.05, 0) is 37.7 Å². The van der Waals surface area contributed by atoms with Gasteiger partial charge in [0.25, 0.3) is 0 Å². The lowest BCUT2D eigenvalue weighted by atomic mass is 9.93. The van der Waals surface area contributed by atoms with Gasteiger partial charge >= 0.3 is 0 Å². The number of hydrogen-bond donors (Lipinski definition) is 2. The molecular weight excluding hydrogens is 268 g/mol. The van der Waals surface area contributed by atoms with Crippen molar-refractivity contribution in [3.8, 4) is 0 Å². The van der Waals surface area contributed by atoms with Crippen molar-refractivity contribution in [2.24, 2.45) is 4.99 Å². The molecule has 3 aliphatic rings. The lowest BCUT2D eigenvalue weighted by Crippen LogP contribution is -2.41. The van der Waals surface area contributed by atoms with Crippen molar-refractivity contribution in [3.05, 3.63) is 16.0 Å². The van der Waals surface area contributed by atoms with Gasteiger partial charge in [0, 0.05) is 16.9 Å². The Morgan fingerprint density at radius 2 is 2.10 bits per heavy atom. The van der Waals surface area contributed by atoms with Crippen LogP contribution in [-0.4, -0.2) is 16.9 Å². The molecule has 0 bridgehead atoms. The molecule has 0 amide bonds. The number of hydrazine groups is 1. The summed E-state index contributed by atoms with van der Waals surface area (Å²) in [5.41, 5.74) is 10.0. The number of nitrogens with one attached hydrogen (secondary N) is 2. The topological polar surface area (TPSA) is 39.7 Å². The van der Waals surface area contributed by atoms with Crippen LogP contribution in [0.3, 0.4) is 0 Å². The van der Waals surface area contributed by atoms with Crippen LogP contribution in [0.1, 0.15) is 61.7 Å². The zero-order valence-electron chi connectivity index (χ0n) is 12.2. The number of fused-ring (bicyclic) bond motifs is 5. The van der Waals surface area contributed by atoms with Gasteiger partial charge in [0.2, 0.25) is 0 Å². The third-order valence-corrected chi connectivity index (χ3v) is 5.90. The van der Waals surface area contributed by atoms with Gasteiger partial charge in [0.05, 0.1) is 6.17 Å². The van der Waals surface area contributed by atoms with E-state index in [9.17, 15) is 0 Å². The molecule has 1 fully saturated rings. The molecule has 2 N–H and O–H groups in total. The average molecular weight is 290 g/mol. The van der Waals surface area contributed by atoms with E-state index in [0.717, 1.165) is 12.8 Å². The van der Waals surface area contributed by atoms with E-state index in [4.69, 9.17) is 4.99 Å². The fourth-order valence-electron chi connectivity index (χ4n) is 3.71. The summed E-state index contributed by atoms with van der Waals surface area (Å²) in [4.78, 5) is 9.04. The lowest BCUT2D eigenvalue weighted by molar-refractivity contribution is 0.288. The maximum Gasteiger partial charge on any atom is 0.125 e. The second-order valence-corrected chi connectivity index (χ2v) is 6.92. The fraction of sp³-hybridized carbons (Fsp3) is 0.667. The van der Waals surface area contributed by atoms with Crippen LogP contribution in [-0.2, 0) is 12.8 Å². The van der Waals surface area contributed by atoms with Crippen LogP contribution in [0.25, 0.3) is 0 Å². The number of hydrogen-bond acceptors (Lipinski definition) is 5. The zero-order valence-corrected chi connectivity index (χ0v) is 13.0. The Morgan fingerprint density at radius 3 is 2.90 bits per heavy atom. The van der Waals surface area contributed by atoms with Gasteiger partial charge in [-0.1, -0.05) is 13.8 Å². The Balaban J connectivity index is 1.84. The standard InChI is InChI=1S/C15H22N4S/c1-3-11-16-15-13(9-7-5-6-8-10(9)20-15)14-18-17-12(4-2)19(11)14/h12,14,17-18H,3-8H2,1-2H3. The highest BCUT2D eigenvalue weighted by Crippen LogP contribution is 2.47. The molecule has 3 heterocycles. The number of rotatable bonds is 2. The Labute approximate surface area is 124 Å². The van der Waals surface area contributed by atoms with Gasteiger partial charge in [0.1, 0.15) is 17.0 Å². The minimum absolute atomic E-state index is 0.292. The molecule has 108 valence electrons. The summed E-state index contributed by atoms with van der Waals surface area (Å²) in [7, 11) is 0. The van der Waals surface area contributed by atoms with Crippen molar-refractivity contribution in [1.29, 1.82) is 0 Å². The highest BCUT2D eigenvalue weighted by atomic mass is 32.1. The normalized spacial score (nSPS) is 27.9. The molecule has 0 saturated carbocycles. The van der Waals surface area contributed by atoms with Crippen molar-refractivity contribution in [2.45, 2.75) is 64.7 Å². The second-order valence-electron chi connectivity index (χ2n) is 5.83. The van der Waals surface area contributed by atoms with E-state index < -0.39 is 0 Å².